The van der Waals surface area contributed by atoms with Crippen LogP contribution in [-0.2, 0) is 4.79 Å². The van der Waals surface area contributed by atoms with E-state index in [9.17, 15) is 4.79 Å². The zero-order valence-corrected chi connectivity index (χ0v) is 16.0. The maximum absolute atomic E-state index is 11.8. The summed E-state index contributed by atoms with van der Waals surface area (Å²) < 4.78 is 7.98. The van der Waals surface area contributed by atoms with Crippen molar-refractivity contribution in [2.45, 2.75) is 32.3 Å². The molecule has 0 N–H and O–H groups in total. The number of nitrogens with zero attached hydrogens (tertiary/aromatic N) is 3. The summed E-state index contributed by atoms with van der Waals surface area (Å²) in [5.74, 6) is 1.07. The quantitative estimate of drug-likeness (QED) is 0.626. The molecule has 0 aliphatic carbocycles. The highest BCUT2D eigenvalue weighted by Crippen LogP contribution is 2.30. The van der Waals surface area contributed by atoms with Gasteiger partial charge in [-0.1, -0.05) is 30.7 Å². The highest BCUT2D eigenvalue weighted by molar-refractivity contribution is 6.32. The Labute approximate surface area is 163 Å². The fourth-order valence-electron chi connectivity index (χ4n) is 3.53. The first-order valence-corrected chi connectivity index (χ1v) is 9.70. The molecule has 3 heterocycles. The smallest absolute Gasteiger partial charge is 0.222 e. The Bertz CT molecular complexity index is 944. The van der Waals surface area contributed by atoms with Gasteiger partial charge in [-0.25, -0.2) is 4.98 Å². The Morgan fingerprint density at radius 3 is 2.63 bits per heavy atom. The molecule has 1 saturated heterocycles. The van der Waals surface area contributed by atoms with Crippen molar-refractivity contribution in [3.63, 3.8) is 0 Å². The zero-order chi connectivity index (χ0) is 18.8. The van der Waals surface area contributed by atoms with Crippen LogP contribution in [-0.4, -0.2) is 39.4 Å². The zero-order valence-electron chi connectivity index (χ0n) is 15.3. The van der Waals surface area contributed by atoms with E-state index in [-0.39, 0.29) is 12.0 Å². The summed E-state index contributed by atoms with van der Waals surface area (Å²) in [7, 11) is 0. The number of imidazole rings is 1. The average molecular weight is 384 g/mol. The second kappa shape index (κ2) is 7.61. The van der Waals surface area contributed by atoms with Gasteiger partial charge in [-0.05, 0) is 29.8 Å². The summed E-state index contributed by atoms with van der Waals surface area (Å²) >= 11 is 6.52. The Balaban J connectivity index is 1.43. The van der Waals surface area contributed by atoms with Crippen LogP contribution in [0.25, 0.3) is 16.8 Å². The van der Waals surface area contributed by atoms with Gasteiger partial charge >= 0.3 is 0 Å². The molecule has 0 bridgehead atoms. The van der Waals surface area contributed by atoms with Crippen molar-refractivity contribution in [2.75, 3.05) is 13.1 Å². The molecule has 2 aromatic heterocycles. The van der Waals surface area contributed by atoms with Crippen LogP contribution in [0.4, 0.5) is 0 Å². The molecular weight excluding hydrogens is 362 g/mol. The predicted molar refractivity (Wildman–Crippen MR) is 106 cm³/mol. The van der Waals surface area contributed by atoms with Gasteiger partial charge in [0.15, 0.2) is 0 Å². The first kappa shape index (κ1) is 17.9. The number of aromatic nitrogens is 2. The van der Waals surface area contributed by atoms with Crippen LogP contribution in [0.1, 0.15) is 26.2 Å². The highest BCUT2D eigenvalue weighted by Gasteiger charge is 2.23. The molecule has 1 amide bonds. The molecule has 1 aromatic carbocycles. The van der Waals surface area contributed by atoms with E-state index in [0.29, 0.717) is 11.6 Å². The number of carbonyl (C=O) groups is 1. The van der Waals surface area contributed by atoms with Gasteiger partial charge < -0.3 is 9.64 Å². The highest BCUT2D eigenvalue weighted by atomic mass is 35.5. The molecule has 27 heavy (non-hydrogen) atoms. The number of fused-ring (bicyclic) bond motifs is 1. The largest absolute Gasteiger partial charge is 0.490 e. The molecule has 1 fully saturated rings. The Morgan fingerprint density at radius 1 is 1.19 bits per heavy atom. The van der Waals surface area contributed by atoms with Gasteiger partial charge in [0.2, 0.25) is 5.91 Å². The van der Waals surface area contributed by atoms with E-state index in [1.807, 2.05) is 58.8 Å². The van der Waals surface area contributed by atoms with E-state index < -0.39 is 0 Å². The van der Waals surface area contributed by atoms with Crippen molar-refractivity contribution in [1.82, 2.24) is 14.3 Å². The number of rotatable bonds is 4. The SMILES string of the molecule is CCC(=O)N1CCC(Oc2ccc(-c3ccc4nccn4c3Cl)cc2)CC1. The molecule has 1 aliphatic rings. The lowest BCUT2D eigenvalue weighted by molar-refractivity contribution is -0.132. The van der Waals surface area contributed by atoms with Gasteiger partial charge in [-0.2, -0.15) is 0 Å². The minimum absolute atomic E-state index is 0.155. The van der Waals surface area contributed by atoms with Crippen molar-refractivity contribution in [1.29, 1.82) is 0 Å². The van der Waals surface area contributed by atoms with Gasteiger partial charge in [-0.15, -0.1) is 0 Å². The Hall–Kier alpha value is -2.53. The van der Waals surface area contributed by atoms with Crippen LogP contribution in [0.5, 0.6) is 5.75 Å². The molecule has 140 valence electrons. The second-order valence-corrected chi connectivity index (χ2v) is 7.13. The van der Waals surface area contributed by atoms with Gasteiger partial charge in [0.25, 0.3) is 0 Å². The number of hydrogen-bond acceptors (Lipinski definition) is 3. The van der Waals surface area contributed by atoms with Gasteiger partial charge in [0.1, 0.15) is 22.7 Å². The third-order valence-electron chi connectivity index (χ3n) is 5.07. The van der Waals surface area contributed by atoms with Crippen molar-refractivity contribution in [3.05, 3.63) is 53.9 Å². The van der Waals surface area contributed by atoms with Crippen LogP contribution in [0.3, 0.4) is 0 Å². The number of pyridine rings is 1. The van der Waals surface area contributed by atoms with E-state index in [0.717, 1.165) is 48.5 Å². The van der Waals surface area contributed by atoms with Crippen molar-refractivity contribution in [3.8, 4) is 16.9 Å². The molecule has 0 atom stereocenters. The fraction of sp³-hybridized carbons (Fsp3) is 0.333. The van der Waals surface area contributed by atoms with Gasteiger partial charge in [0.05, 0.1) is 0 Å². The average Bonchev–Trinajstić information content (AvgIpc) is 3.19. The number of benzene rings is 1. The minimum Gasteiger partial charge on any atom is -0.490 e. The topological polar surface area (TPSA) is 46.8 Å². The van der Waals surface area contributed by atoms with E-state index in [2.05, 4.69) is 4.98 Å². The first-order chi connectivity index (χ1) is 13.2. The molecule has 5 nitrogen and oxygen atoms in total. The summed E-state index contributed by atoms with van der Waals surface area (Å²) in [6, 6.07) is 11.9. The fourth-order valence-corrected chi connectivity index (χ4v) is 3.84. The van der Waals surface area contributed by atoms with Crippen LogP contribution < -0.4 is 4.74 Å². The van der Waals surface area contributed by atoms with E-state index in [1.165, 1.54) is 0 Å². The summed E-state index contributed by atoms with van der Waals surface area (Å²) in [4.78, 5) is 17.9. The predicted octanol–water partition coefficient (Wildman–Crippen LogP) is 4.43. The number of likely N-dealkylation sites (tertiary alicyclic amines) is 1. The van der Waals surface area contributed by atoms with Crippen LogP contribution in [0, 0.1) is 0 Å². The second-order valence-electron chi connectivity index (χ2n) is 6.77. The van der Waals surface area contributed by atoms with E-state index in [1.54, 1.807) is 6.20 Å². The monoisotopic (exact) mass is 383 g/mol. The molecule has 0 radical (unpaired) electrons. The normalized spacial score (nSPS) is 15.3. The lowest BCUT2D eigenvalue weighted by Gasteiger charge is -2.32. The number of piperidine rings is 1. The Kier molecular flexibility index (Phi) is 5.03. The third-order valence-corrected chi connectivity index (χ3v) is 5.45. The molecule has 0 saturated carbocycles. The van der Waals surface area contributed by atoms with Gasteiger partial charge in [-0.3, -0.25) is 9.20 Å². The third kappa shape index (κ3) is 3.65. The number of carbonyl (C=O) groups excluding carboxylic acids is 1. The molecule has 3 aromatic rings. The number of halogens is 1. The molecule has 0 spiro atoms. The lowest BCUT2D eigenvalue weighted by Crippen LogP contribution is -2.41. The summed E-state index contributed by atoms with van der Waals surface area (Å²) in [5.41, 5.74) is 2.82. The lowest BCUT2D eigenvalue weighted by atomic mass is 10.1. The molecule has 1 aliphatic heterocycles. The van der Waals surface area contributed by atoms with Gasteiger partial charge in [0, 0.05) is 50.3 Å². The molecular formula is C21H22ClN3O2. The van der Waals surface area contributed by atoms with Crippen LogP contribution in [0.2, 0.25) is 5.15 Å². The van der Waals surface area contributed by atoms with Crippen LogP contribution in [0.15, 0.2) is 48.8 Å². The van der Waals surface area contributed by atoms with Crippen LogP contribution >= 0.6 is 11.6 Å². The number of amides is 1. The number of ether oxygens (including phenoxy) is 1. The molecule has 0 unspecified atom stereocenters. The standard InChI is InChI=1S/C21H22ClN3O2/c1-2-20(26)24-12-9-17(10-13-24)27-16-5-3-15(4-6-16)18-7-8-19-23-11-14-25(19)21(18)22/h3-8,11,14,17H,2,9-10,12-13H2,1H3. The molecule has 6 heteroatoms. The summed E-state index contributed by atoms with van der Waals surface area (Å²) in [6.07, 6.45) is 6.06. The van der Waals surface area contributed by atoms with Crippen molar-refractivity contribution < 1.29 is 9.53 Å². The first-order valence-electron chi connectivity index (χ1n) is 9.32. The minimum atomic E-state index is 0.155. The summed E-state index contributed by atoms with van der Waals surface area (Å²) in [5, 5.41) is 0.645. The van der Waals surface area contributed by atoms with Crippen molar-refractivity contribution in [2.24, 2.45) is 0 Å². The maximum atomic E-state index is 11.8. The molecule has 4 rings (SSSR count). The van der Waals surface area contributed by atoms with E-state index in [4.69, 9.17) is 16.3 Å². The number of hydrogen-bond donors (Lipinski definition) is 0. The van der Waals surface area contributed by atoms with E-state index >= 15 is 0 Å². The van der Waals surface area contributed by atoms with Crippen molar-refractivity contribution >= 4 is 23.2 Å². The summed E-state index contributed by atoms with van der Waals surface area (Å²) in [6.45, 7) is 3.45. The maximum Gasteiger partial charge on any atom is 0.222 e. The Morgan fingerprint density at radius 2 is 1.93 bits per heavy atom.